The van der Waals surface area contributed by atoms with Gasteiger partial charge in [0.2, 0.25) is 0 Å². The van der Waals surface area contributed by atoms with Gasteiger partial charge in [-0.25, -0.2) is 0 Å². The predicted octanol–water partition coefficient (Wildman–Crippen LogP) is 27.3. The van der Waals surface area contributed by atoms with Crippen molar-refractivity contribution in [3.63, 3.8) is 0 Å². The van der Waals surface area contributed by atoms with Crippen LogP contribution in [0.3, 0.4) is 0 Å². The molecular weight excluding hydrogens is 1020 g/mol. The third-order valence-electron chi connectivity index (χ3n) is 17.3. The van der Waals surface area contributed by atoms with Crippen molar-refractivity contribution in [1.82, 2.24) is 0 Å². The van der Waals surface area contributed by atoms with Crippen LogP contribution in [0.2, 0.25) is 10.8 Å². The van der Waals surface area contributed by atoms with Crippen LogP contribution in [-0.4, -0.2) is 10.7 Å². The molecule has 0 saturated carbocycles. The van der Waals surface area contributed by atoms with E-state index in [4.69, 9.17) is 0 Å². The number of hydrogen-bond donors (Lipinski definition) is 0. The molecule has 81 heavy (non-hydrogen) atoms. The Bertz CT molecular complexity index is 1720. The molecule has 0 heterocycles. The maximum absolute atomic E-state index is 10.2. The van der Waals surface area contributed by atoms with Crippen LogP contribution in [0.15, 0.2) is 47.5 Å². The first kappa shape index (κ1) is 76.8. The molecule has 3 heteroatoms. The molecule has 0 aromatic heterocycles. The topological polar surface area (TPSA) is 36.4 Å². The number of benzene rings is 2. The molecule has 0 N–H and O–H groups in total. The second-order valence-corrected chi connectivity index (χ2v) is 26.7. The molecule has 0 aliphatic rings. The number of hydrogen-bond acceptors (Lipinski definition) is 0. The van der Waals surface area contributed by atoms with E-state index in [1.54, 1.807) is 0 Å². The molecule has 2 aromatic rings. The van der Waals surface area contributed by atoms with E-state index in [1.807, 2.05) is 14.4 Å². The molecule has 2 nitrogen and oxygen atoms in total. The van der Waals surface area contributed by atoms with E-state index < -0.39 is 0 Å². The molecule has 0 fully saturated rings. The third-order valence-corrected chi connectivity index (χ3v) is 18.2. The van der Waals surface area contributed by atoms with E-state index in [0.29, 0.717) is 0 Å². The van der Waals surface area contributed by atoms with Crippen LogP contribution in [0.25, 0.3) is 11.1 Å². The molecule has 2 rings (SSSR count). The quantitative estimate of drug-likeness (QED) is 0.0158. The fourth-order valence-corrected chi connectivity index (χ4v) is 12.8. The first-order valence-corrected chi connectivity index (χ1v) is 37.8. The molecule has 0 bridgehead atoms. The van der Waals surface area contributed by atoms with Crippen LogP contribution < -0.4 is 0 Å². The molecule has 470 valence electrons. The van der Waals surface area contributed by atoms with E-state index >= 15 is 0 Å². The first-order chi connectivity index (χ1) is 40.0. The van der Waals surface area contributed by atoms with Crippen LogP contribution in [-0.2, 0) is 40.1 Å². The Morgan fingerprint density at radius 2 is 0.556 bits per heavy atom. The number of unbranched alkanes of at least 4 members (excludes halogenated alkanes) is 41. The van der Waals surface area contributed by atoms with Gasteiger partial charge >= 0.3 is 44.9 Å². The molecule has 2 aromatic carbocycles. The van der Waals surface area contributed by atoms with Crippen LogP contribution >= 0.6 is 0 Å². The van der Waals surface area contributed by atoms with Crippen molar-refractivity contribution < 1.29 is 19.2 Å². The van der Waals surface area contributed by atoms with E-state index in [2.05, 4.69) is 102 Å². The van der Waals surface area contributed by atoms with Gasteiger partial charge in [-0.05, 0) is 115 Å². The van der Waals surface area contributed by atoms with E-state index in [9.17, 15) is 5.53 Å². The zero-order chi connectivity index (χ0) is 58.7. The molecule has 0 amide bonds. The fourth-order valence-electron chi connectivity index (χ4n) is 12.3. The summed E-state index contributed by atoms with van der Waals surface area (Å²) < 4.78 is 0. The average Bonchev–Trinajstić information content (AvgIpc) is 3.55. The molecule has 0 unspecified atom stereocenters. The van der Waals surface area contributed by atoms with Crippen molar-refractivity contribution >= 4 is 11.4 Å². The molecule has 0 spiro atoms. The van der Waals surface area contributed by atoms with Crippen molar-refractivity contribution in [3.8, 4) is 0 Å². The number of allylic oxidation sites excluding steroid dienone is 2. The monoisotopic (exact) mass is 1160 g/mol. The molecule has 0 aliphatic carbocycles. The van der Waals surface area contributed by atoms with Crippen molar-refractivity contribution in [1.29, 1.82) is 0 Å². The van der Waals surface area contributed by atoms with E-state index in [1.165, 1.54) is 344 Å². The summed E-state index contributed by atoms with van der Waals surface area (Å²) in [4.78, 5) is 3.64. The van der Waals surface area contributed by atoms with Crippen molar-refractivity contribution in [2.75, 3.05) is 0 Å². The molecule has 0 saturated heterocycles. The molecule has 0 aliphatic heterocycles. The van der Waals surface area contributed by atoms with Crippen LogP contribution in [0, 0.1) is 0 Å². The Hall–Kier alpha value is -2.17. The standard InChI is InChI=1S/C74H128N2.2C2H5.Ni/c1-7-13-18-23-26-28-30-32-34-36-38-40-42-44-46-51-56-68-60-69(57-52-47-45-43-41-39-37-35-33-31-29-27-24-19-14-8-2)64-72(63-68)74(73(70(12-6)65-76-75)58-53-48-25-20-15-9-3)71-61-66(54-49-21-16-10-4)59-67(62-71)55-50-22-17-11-5;2*1-2;/h59-64H,7-58H2,1-6H3;2*1H2,2H3;. The van der Waals surface area contributed by atoms with E-state index in [-0.39, 0.29) is 0 Å². The van der Waals surface area contributed by atoms with Gasteiger partial charge in [-0.2, -0.15) is 0 Å². The van der Waals surface area contributed by atoms with Crippen molar-refractivity contribution in [2.45, 2.75) is 400 Å². The van der Waals surface area contributed by atoms with Crippen molar-refractivity contribution in [2.24, 2.45) is 0 Å². The van der Waals surface area contributed by atoms with Gasteiger partial charge < -0.3 is 5.53 Å². The third kappa shape index (κ3) is 44.0. The Balaban J connectivity index is 0.00000626. The number of rotatable bonds is 57. The Morgan fingerprint density at radius 3 is 0.778 bits per heavy atom. The van der Waals surface area contributed by atoms with Crippen LogP contribution in [0.1, 0.15) is 397 Å². The van der Waals surface area contributed by atoms with Gasteiger partial charge in [0.1, 0.15) is 0 Å². The zero-order valence-electron chi connectivity index (χ0n) is 55.9. The van der Waals surface area contributed by atoms with Gasteiger partial charge in [0, 0.05) is 0 Å². The Morgan fingerprint density at radius 1 is 0.321 bits per heavy atom. The summed E-state index contributed by atoms with van der Waals surface area (Å²) in [6, 6.07) is 15.6. The predicted molar refractivity (Wildman–Crippen MR) is 362 cm³/mol. The molecule has 0 atom stereocenters. The minimum absolute atomic E-state index is 0.810. The summed E-state index contributed by atoms with van der Waals surface area (Å²) in [7, 11) is 0. The van der Waals surface area contributed by atoms with Gasteiger partial charge in [0.25, 0.3) is 0 Å². The Kier molecular flexibility index (Phi) is 56.5. The SMILES string of the molecule is CCCCCCCCCCCCCCCCCCc1cc(CCCCCCCCCCCCCCCCCC)cc(C(=C(CCCCCCCC)C(=C=[N+]=[N-])CC)c2cc(CCCCCC)cc(CCCCCC)c2)c1.C[CH2][Ni][CH2]C. The average molecular weight is 1160 g/mol. The van der Waals surface area contributed by atoms with Gasteiger partial charge in [0.15, 0.2) is 0 Å². The molecule has 0 radical (unpaired) electrons. The van der Waals surface area contributed by atoms with Gasteiger partial charge in [0.05, 0.1) is 5.57 Å². The summed E-state index contributed by atoms with van der Waals surface area (Å²) in [5.74, 6) is 3.18. The minimum atomic E-state index is 0.810. The number of nitrogens with zero attached hydrogens (tertiary/aromatic N) is 2. The summed E-state index contributed by atoms with van der Waals surface area (Å²) >= 11 is 1.82. The van der Waals surface area contributed by atoms with Gasteiger partial charge in [-0.1, -0.05) is 341 Å². The van der Waals surface area contributed by atoms with Gasteiger partial charge in [-0.15, -0.1) is 4.79 Å². The molecular formula is C78H138N2Ni. The maximum atomic E-state index is 10.2. The van der Waals surface area contributed by atoms with Crippen LogP contribution in [0.5, 0.6) is 0 Å². The zero-order valence-corrected chi connectivity index (χ0v) is 56.8. The Labute approximate surface area is 514 Å². The fraction of sp³-hybridized carbons (Fsp3) is 0.795. The van der Waals surface area contributed by atoms with Crippen LogP contribution in [0.4, 0.5) is 0 Å². The van der Waals surface area contributed by atoms with E-state index in [0.717, 1.165) is 50.5 Å². The van der Waals surface area contributed by atoms with Gasteiger partial charge in [-0.3, -0.25) is 0 Å². The normalized spacial score (nSPS) is 11.7. The second kappa shape index (κ2) is 59.6. The van der Waals surface area contributed by atoms with Crippen molar-refractivity contribution in [3.05, 3.63) is 86.5 Å². The summed E-state index contributed by atoms with van der Waals surface area (Å²) in [5, 5.41) is 2.56. The first-order valence-electron chi connectivity index (χ1n) is 36.4. The summed E-state index contributed by atoms with van der Waals surface area (Å²) in [6.07, 6.45) is 69.4. The second-order valence-electron chi connectivity index (χ2n) is 24.8. The number of aryl methyl sites for hydroxylation is 4. The summed E-state index contributed by atoms with van der Waals surface area (Å²) in [5.41, 5.74) is 22.9. The summed E-state index contributed by atoms with van der Waals surface area (Å²) in [6.45, 7) is 18.2.